The molecule has 1 aliphatic heterocycles. The molecule has 0 radical (unpaired) electrons. The van der Waals surface area contributed by atoms with E-state index in [0.29, 0.717) is 5.92 Å². The maximum absolute atomic E-state index is 9.31. The van der Waals surface area contributed by atoms with Gasteiger partial charge in [-0.2, -0.15) is 5.26 Å². The number of fused-ring (bicyclic) bond motifs is 1. The van der Waals surface area contributed by atoms with Crippen LogP contribution in [0, 0.1) is 16.7 Å². The summed E-state index contributed by atoms with van der Waals surface area (Å²) in [5.74, 6) is 1.77. The predicted molar refractivity (Wildman–Crippen MR) is 149 cm³/mol. The third kappa shape index (κ3) is 7.09. The van der Waals surface area contributed by atoms with Crippen molar-refractivity contribution in [2.75, 3.05) is 39.3 Å². The van der Waals surface area contributed by atoms with Crippen LogP contribution in [0.5, 0.6) is 5.75 Å². The molecule has 0 aliphatic carbocycles. The first-order valence-electron chi connectivity index (χ1n) is 13.7. The minimum atomic E-state index is 0.101. The summed E-state index contributed by atoms with van der Waals surface area (Å²) in [6.07, 6.45) is 4.06. The Bertz CT molecular complexity index is 1210. The number of aromatic nitrogens is 3. The zero-order valence-electron chi connectivity index (χ0n) is 23.2. The van der Waals surface area contributed by atoms with E-state index in [2.05, 4.69) is 95.4 Å². The highest BCUT2D eigenvalue weighted by Crippen LogP contribution is 2.32. The summed E-state index contributed by atoms with van der Waals surface area (Å²) >= 11 is 0. The van der Waals surface area contributed by atoms with Crippen molar-refractivity contribution in [2.45, 2.75) is 66.5 Å². The van der Waals surface area contributed by atoms with Crippen molar-refractivity contribution in [3.8, 4) is 11.8 Å². The second-order valence-corrected chi connectivity index (χ2v) is 11.4. The lowest BCUT2D eigenvalue weighted by atomic mass is 9.89. The molecule has 0 N–H and O–H groups in total. The first-order chi connectivity index (χ1) is 17.8. The van der Waals surface area contributed by atoms with Gasteiger partial charge in [0.25, 0.3) is 0 Å². The maximum atomic E-state index is 9.31. The van der Waals surface area contributed by atoms with Gasteiger partial charge in [-0.3, -0.25) is 4.90 Å². The van der Waals surface area contributed by atoms with Crippen LogP contribution < -0.4 is 4.74 Å². The molecule has 198 valence electrons. The summed E-state index contributed by atoms with van der Waals surface area (Å²) in [5.41, 5.74) is 3.60. The molecule has 0 atom stereocenters. The van der Waals surface area contributed by atoms with E-state index in [1.165, 1.54) is 11.3 Å². The minimum Gasteiger partial charge on any atom is -0.492 e. The summed E-state index contributed by atoms with van der Waals surface area (Å²) in [5, 5.41) is 10.3. The molecule has 3 aromatic rings. The van der Waals surface area contributed by atoms with Crippen molar-refractivity contribution in [3.05, 3.63) is 53.6 Å². The summed E-state index contributed by atoms with van der Waals surface area (Å²) in [6.45, 7) is 18.8. The van der Waals surface area contributed by atoms with Gasteiger partial charge in [0.05, 0.1) is 0 Å². The summed E-state index contributed by atoms with van der Waals surface area (Å²) in [7, 11) is 0. The quantitative estimate of drug-likeness (QED) is 0.367. The molecule has 2 aromatic heterocycles. The van der Waals surface area contributed by atoms with Crippen molar-refractivity contribution in [3.63, 3.8) is 0 Å². The zero-order valence-corrected chi connectivity index (χ0v) is 23.2. The first-order valence-corrected chi connectivity index (χ1v) is 13.7. The van der Waals surface area contributed by atoms with E-state index in [9.17, 15) is 5.26 Å². The van der Waals surface area contributed by atoms with Gasteiger partial charge in [-0.15, -0.1) is 0 Å². The number of benzene rings is 1. The zero-order chi connectivity index (χ0) is 26.4. The lowest BCUT2D eigenvalue weighted by molar-refractivity contribution is 0.197. The minimum absolute atomic E-state index is 0.101. The highest BCUT2D eigenvalue weighted by Gasteiger charge is 2.24. The second kappa shape index (κ2) is 12.1. The van der Waals surface area contributed by atoms with E-state index in [4.69, 9.17) is 4.74 Å². The van der Waals surface area contributed by atoms with Crippen molar-refractivity contribution >= 4 is 11.0 Å². The summed E-state index contributed by atoms with van der Waals surface area (Å²) in [6, 6.07) is 13.0. The fraction of sp³-hybridized carbons (Fsp3) is 0.567. The molecule has 0 unspecified atom stereocenters. The second-order valence-electron chi connectivity index (χ2n) is 11.4. The van der Waals surface area contributed by atoms with Gasteiger partial charge in [0, 0.05) is 36.9 Å². The number of ether oxygens (including phenoxy) is 1. The van der Waals surface area contributed by atoms with E-state index in [1.807, 2.05) is 0 Å². The van der Waals surface area contributed by atoms with Crippen LogP contribution in [-0.4, -0.2) is 63.7 Å². The normalized spacial score (nSPS) is 15.4. The SMILES string of the molecule is CCN(CC)CCOc1cccc(C2CCN(Cc3cc4cnc(C#N)nc4n3CC(C)(C)C)CC2)c1. The standard InChI is InChI=1S/C30H42N6O/c1-6-34(7-2)15-16-37-27-10-8-9-24(18-27)23-11-13-35(14-12-23)21-26-17-25-20-32-28(19-31)33-29(25)36(26)22-30(3,4)5/h8-10,17-18,20,23H,6-7,11-16,21-22H2,1-5H3. The number of piperidine rings is 1. The van der Waals surface area contributed by atoms with Gasteiger partial charge in [-0.05, 0) is 74.1 Å². The van der Waals surface area contributed by atoms with E-state index in [1.54, 1.807) is 6.20 Å². The fourth-order valence-electron chi connectivity index (χ4n) is 5.27. The lowest BCUT2D eigenvalue weighted by Gasteiger charge is -2.33. The summed E-state index contributed by atoms with van der Waals surface area (Å²) in [4.78, 5) is 13.7. The Kier molecular flexibility index (Phi) is 8.83. The number of hydrogen-bond acceptors (Lipinski definition) is 6. The highest BCUT2D eigenvalue weighted by molar-refractivity contribution is 5.77. The molecule has 7 heteroatoms. The molecule has 1 aromatic carbocycles. The van der Waals surface area contributed by atoms with Gasteiger partial charge in [0.2, 0.25) is 5.82 Å². The number of likely N-dealkylation sites (N-methyl/N-ethyl adjacent to an activating group) is 1. The summed E-state index contributed by atoms with van der Waals surface area (Å²) < 4.78 is 8.38. The molecule has 0 spiro atoms. The Hall–Kier alpha value is -2.95. The topological polar surface area (TPSA) is 70.2 Å². The van der Waals surface area contributed by atoms with Gasteiger partial charge in [0.15, 0.2) is 0 Å². The molecule has 1 saturated heterocycles. The molecular weight excluding hydrogens is 460 g/mol. The largest absolute Gasteiger partial charge is 0.492 e. The molecule has 1 aliphatic rings. The molecule has 0 amide bonds. The van der Waals surface area contributed by atoms with Crippen LogP contribution in [-0.2, 0) is 13.1 Å². The Balaban J connectivity index is 1.40. The van der Waals surface area contributed by atoms with Gasteiger partial charge < -0.3 is 14.2 Å². The first kappa shape index (κ1) is 27.1. The van der Waals surface area contributed by atoms with E-state index >= 15 is 0 Å². The average molecular weight is 503 g/mol. The van der Waals surface area contributed by atoms with Crippen LogP contribution in [0.4, 0.5) is 0 Å². The van der Waals surface area contributed by atoms with Crippen molar-refractivity contribution in [1.82, 2.24) is 24.3 Å². The van der Waals surface area contributed by atoms with E-state index < -0.39 is 0 Å². The highest BCUT2D eigenvalue weighted by atomic mass is 16.5. The maximum Gasteiger partial charge on any atom is 0.234 e. The third-order valence-electron chi connectivity index (χ3n) is 7.33. The molecule has 0 bridgehead atoms. The van der Waals surface area contributed by atoms with Crippen LogP contribution in [0.2, 0.25) is 0 Å². The average Bonchev–Trinajstić information content (AvgIpc) is 3.21. The molecule has 37 heavy (non-hydrogen) atoms. The van der Waals surface area contributed by atoms with Crippen LogP contribution in [0.25, 0.3) is 11.0 Å². The third-order valence-corrected chi connectivity index (χ3v) is 7.33. The number of rotatable bonds is 10. The van der Waals surface area contributed by atoms with Crippen molar-refractivity contribution in [1.29, 1.82) is 5.26 Å². The fourth-order valence-corrected chi connectivity index (χ4v) is 5.27. The number of likely N-dealkylation sites (tertiary alicyclic amines) is 1. The number of nitrogens with zero attached hydrogens (tertiary/aromatic N) is 6. The van der Waals surface area contributed by atoms with Gasteiger partial charge in [-0.25, -0.2) is 9.97 Å². The lowest BCUT2D eigenvalue weighted by Crippen LogP contribution is -2.33. The smallest absolute Gasteiger partial charge is 0.234 e. The van der Waals surface area contributed by atoms with Gasteiger partial charge >= 0.3 is 0 Å². The Morgan fingerprint density at radius 1 is 1.14 bits per heavy atom. The molecule has 3 heterocycles. The van der Waals surface area contributed by atoms with Gasteiger partial charge in [0.1, 0.15) is 24.1 Å². The predicted octanol–water partition coefficient (Wildman–Crippen LogP) is 5.45. The number of hydrogen-bond donors (Lipinski definition) is 0. The van der Waals surface area contributed by atoms with Crippen LogP contribution in [0.3, 0.4) is 0 Å². The van der Waals surface area contributed by atoms with Gasteiger partial charge in [-0.1, -0.05) is 46.8 Å². The molecular formula is C30H42N6O. The van der Waals surface area contributed by atoms with Crippen LogP contribution in [0.1, 0.15) is 70.5 Å². The number of nitriles is 1. The van der Waals surface area contributed by atoms with Crippen LogP contribution >= 0.6 is 0 Å². The molecule has 4 rings (SSSR count). The monoisotopic (exact) mass is 502 g/mol. The molecule has 0 saturated carbocycles. The molecule has 1 fully saturated rings. The van der Waals surface area contributed by atoms with Crippen molar-refractivity contribution < 1.29 is 4.74 Å². The Morgan fingerprint density at radius 3 is 2.57 bits per heavy atom. The van der Waals surface area contributed by atoms with E-state index in [-0.39, 0.29) is 11.2 Å². The van der Waals surface area contributed by atoms with Crippen molar-refractivity contribution in [2.24, 2.45) is 5.41 Å². The van der Waals surface area contributed by atoms with E-state index in [0.717, 1.165) is 82.0 Å². The molecule has 7 nitrogen and oxygen atoms in total. The Morgan fingerprint density at radius 2 is 1.89 bits per heavy atom. The van der Waals surface area contributed by atoms with Crippen LogP contribution in [0.15, 0.2) is 36.5 Å². The Labute approximate surface area is 222 Å².